The summed E-state index contributed by atoms with van der Waals surface area (Å²) in [4.78, 5) is 25.0. The van der Waals surface area contributed by atoms with E-state index in [4.69, 9.17) is 18.9 Å². The minimum absolute atomic E-state index is 0.0903. The minimum Gasteiger partial charge on any atom is -0.494 e. The van der Waals surface area contributed by atoms with E-state index in [2.05, 4.69) is 6.92 Å². The van der Waals surface area contributed by atoms with E-state index < -0.39 is 30.6 Å². The van der Waals surface area contributed by atoms with Crippen LogP contribution >= 0.6 is 0 Å². The quantitative estimate of drug-likeness (QED) is 0.0748. The first kappa shape index (κ1) is 35.6. The molecule has 3 aromatic carbocycles. The van der Waals surface area contributed by atoms with Gasteiger partial charge in [0.15, 0.2) is 6.10 Å². The topological polar surface area (TPSA) is 71.1 Å². The van der Waals surface area contributed by atoms with Crippen molar-refractivity contribution in [3.63, 3.8) is 0 Å². The summed E-state index contributed by atoms with van der Waals surface area (Å²) in [5.41, 5.74) is 2.12. The van der Waals surface area contributed by atoms with Crippen molar-refractivity contribution < 1.29 is 41.7 Å². The van der Waals surface area contributed by atoms with E-state index >= 15 is 0 Å². The summed E-state index contributed by atoms with van der Waals surface area (Å²) < 4.78 is 61.0. The number of halogens is 3. The average molecular weight is 629 g/mol. The Morgan fingerprint density at radius 2 is 1.18 bits per heavy atom. The Labute approximate surface area is 263 Å². The van der Waals surface area contributed by atoms with Crippen molar-refractivity contribution in [3.8, 4) is 22.6 Å². The molecule has 0 saturated heterocycles. The van der Waals surface area contributed by atoms with Crippen LogP contribution < -0.4 is 9.47 Å². The maximum absolute atomic E-state index is 13.3. The Hall–Kier alpha value is -3.85. The third-order valence-electron chi connectivity index (χ3n) is 7.20. The summed E-state index contributed by atoms with van der Waals surface area (Å²) in [6.07, 6.45) is 1.40. The van der Waals surface area contributed by atoms with E-state index in [1.54, 1.807) is 19.1 Å². The van der Waals surface area contributed by atoms with Crippen molar-refractivity contribution >= 4 is 11.9 Å². The molecule has 9 heteroatoms. The molecule has 3 rings (SSSR count). The number of hydrogen-bond donors (Lipinski definition) is 0. The normalized spacial score (nSPS) is 12.0. The zero-order valence-electron chi connectivity index (χ0n) is 26.1. The highest BCUT2D eigenvalue weighted by atomic mass is 19.4. The van der Waals surface area contributed by atoms with Gasteiger partial charge in [0.05, 0.1) is 17.7 Å². The second kappa shape index (κ2) is 18.8. The van der Waals surface area contributed by atoms with Gasteiger partial charge in [-0.1, -0.05) is 69.7 Å². The highest BCUT2D eigenvalue weighted by molar-refractivity contribution is 5.92. The molecule has 0 heterocycles. The molecule has 45 heavy (non-hydrogen) atoms. The number of rotatable bonds is 19. The highest BCUT2D eigenvalue weighted by Gasteiger charge is 2.42. The summed E-state index contributed by atoms with van der Waals surface area (Å²) in [5, 5.41) is 0. The Morgan fingerprint density at radius 1 is 0.644 bits per heavy atom. The lowest BCUT2D eigenvalue weighted by Crippen LogP contribution is -2.34. The number of alkyl halides is 3. The smallest absolute Gasteiger partial charge is 0.425 e. The summed E-state index contributed by atoms with van der Waals surface area (Å²) in [7, 11) is 0. The Balaban J connectivity index is 1.47. The molecule has 244 valence electrons. The number of esters is 2. The Morgan fingerprint density at radius 3 is 1.78 bits per heavy atom. The van der Waals surface area contributed by atoms with Crippen LogP contribution in [0.25, 0.3) is 11.1 Å². The fourth-order valence-corrected chi connectivity index (χ4v) is 4.62. The second-order valence-electron chi connectivity index (χ2n) is 10.8. The molecule has 0 amide bonds. The lowest BCUT2D eigenvalue weighted by molar-refractivity contribution is -0.206. The van der Waals surface area contributed by atoms with Gasteiger partial charge in [0.25, 0.3) is 0 Å². The van der Waals surface area contributed by atoms with Crippen molar-refractivity contribution in [3.05, 3.63) is 83.9 Å². The van der Waals surface area contributed by atoms with Crippen LogP contribution in [-0.4, -0.2) is 44.0 Å². The molecule has 0 aliphatic heterocycles. The summed E-state index contributed by atoms with van der Waals surface area (Å²) in [6.45, 7) is 5.20. The van der Waals surface area contributed by atoms with Crippen LogP contribution in [0.3, 0.4) is 0 Å². The van der Waals surface area contributed by atoms with E-state index in [1.807, 2.05) is 36.4 Å². The van der Waals surface area contributed by atoms with Crippen molar-refractivity contribution in [2.45, 2.75) is 83.9 Å². The molecule has 0 N–H and O–H groups in total. The fourth-order valence-electron chi connectivity index (χ4n) is 4.62. The van der Waals surface area contributed by atoms with Gasteiger partial charge < -0.3 is 18.9 Å². The monoisotopic (exact) mass is 628 g/mol. The van der Waals surface area contributed by atoms with Crippen LogP contribution in [-0.2, 0) is 9.47 Å². The molecular formula is C36H43F3O6. The van der Waals surface area contributed by atoms with Gasteiger partial charge in [-0.3, -0.25) is 0 Å². The van der Waals surface area contributed by atoms with Gasteiger partial charge >= 0.3 is 18.1 Å². The van der Waals surface area contributed by atoms with Gasteiger partial charge in [-0.25, -0.2) is 9.59 Å². The van der Waals surface area contributed by atoms with Gasteiger partial charge in [0.1, 0.15) is 11.5 Å². The number of carbonyl (C=O) groups excluding carboxylic acids is 2. The zero-order chi connectivity index (χ0) is 32.5. The van der Waals surface area contributed by atoms with Crippen LogP contribution in [0.4, 0.5) is 13.2 Å². The van der Waals surface area contributed by atoms with E-state index in [0.717, 1.165) is 23.3 Å². The Kier molecular flexibility index (Phi) is 14.9. The van der Waals surface area contributed by atoms with Crippen LogP contribution in [0, 0.1) is 0 Å². The number of carbonyl (C=O) groups is 2. The van der Waals surface area contributed by atoms with Gasteiger partial charge in [-0.05, 0) is 85.8 Å². The van der Waals surface area contributed by atoms with Gasteiger partial charge in [0, 0.05) is 13.2 Å². The van der Waals surface area contributed by atoms with Crippen molar-refractivity contribution in [1.82, 2.24) is 0 Å². The first-order valence-corrected chi connectivity index (χ1v) is 15.7. The molecule has 1 atom stereocenters. The highest BCUT2D eigenvalue weighted by Crippen LogP contribution is 2.28. The number of ether oxygens (including phenoxy) is 4. The molecule has 0 fully saturated rings. The maximum atomic E-state index is 13.3. The van der Waals surface area contributed by atoms with E-state index in [1.165, 1.54) is 62.8 Å². The zero-order valence-corrected chi connectivity index (χ0v) is 26.1. The molecule has 0 aliphatic carbocycles. The molecular weight excluding hydrogens is 585 g/mol. The molecule has 6 nitrogen and oxygen atoms in total. The predicted molar refractivity (Wildman–Crippen MR) is 168 cm³/mol. The molecule has 0 aromatic heterocycles. The fraction of sp³-hybridized carbons (Fsp3) is 0.444. The van der Waals surface area contributed by atoms with Gasteiger partial charge in [-0.2, -0.15) is 13.2 Å². The molecule has 0 aliphatic rings. The van der Waals surface area contributed by atoms with E-state index in [-0.39, 0.29) is 24.3 Å². The summed E-state index contributed by atoms with van der Waals surface area (Å²) >= 11 is 0. The molecule has 0 saturated carbocycles. The van der Waals surface area contributed by atoms with Crippen molar-refractivity contribution in [1.29, 1.82) is 0 Å². The van der Waals surface area contributed by atoms with E-state index in [0.29, 0.717) is 18.8 Å². The third-order valence-corrected chi connectivity index (χ3v) is 7.20. The lowest BCUT2D eigenvalue weighted by Gasteiger charge is -2.20. The van der Waals surface area contributed by atoms with Crippen LogP contribution in [0.2, 0.25) is 0 Å². The van der Waals surface area contributed by atoms with Crippen molar-refractivity contribution in [2.24, 2.45) is 0 Å². The predicted octanol–water partition coefficient (Wildman–Crippen LogP) is 9.61. The molecule has 3 aromatic rings. The number of benzene rings is 3. The largest absolute Gasteiger partial charge is 0.494 e. The first-order valence-electron chi connectivity index (χ1n) is 15.7. The molecule has 0 bridgehead atoms. The van der Waals surface area contributed by atoms with Crippen LogP contribution in [0.5, 0.6) is 11.5 Å². The number of hydrogen-bond acceptors (Lipinski definition) is 6. The van der Waals surface area contributed by atoms with Crippen LogP contribution in [0.15, 0.2) is 72.8 Å². The first-order chi connectivity index (χ1) is 21.7. The maximum Gasteiger partial charge on any atom is 0.425 e. The summed E-state index contributed by atoms with van der Waals surface area (Å²) in [5.74, 6) is -0.772. The molecule has 1 unspecified atom stereocenters. The van der Waals surface area contributed by atoms with Crippen LogP contribution in [0.1, 0.15) is 92.4 Å². The SMILES string of the molecule is CCCCCCCCCOc1ccc(-c2ccc(C(=O)Oc3ccc(C(=O)OC(CCCOCC)C(F)(F)F)cc3)cc2)cc1. The lowest BCUT2D eigenvalue weighted by atomic mass is 10.0. The van der Waals surface area contributed by atoms with Gasteiger partial charge in [-0.15, -0.1) is 0 Å². The standard InChI is InChI=1S/C36H43F3O6/c1-3-5-6-7-8-9-10-26-43-31-21-17-28(18-22-31)27-13-15-29(16-14-27)34(40)44-32-23-19-30(20-24-32)35(41)45-33(36(37,38)39)12-11-25-42-4-2/h13-24,33H,3-12,25-26H2,1-2H3. The second-order valence-corrected chi connectivity index (χ2v) is 10.8. The average Bonchev–Trinajstić information content (AvgIpc) is 3.04. The van der Waals surface area contributed by atoms with Crippen molar-refractivity contribution in [2.75, 3.05) is 19.8 Å². The Bertz CT molecular complexity index is 1290. The molecule has 0 radical (unpaired) electrons. The van der Waals surface area contributed by atoms with Gasteiger partial charge in [0.2, 0.25) is 0 Å². The van der Waals surface area contributed by atoms with E-state index in [9.17, 15) is 22.8 Å². The number of unbranched alkanes of at least 4 members (excludes halogenated alkanes) is 6. The molecule has 0 spiro atoms. The minimum atomic E-state index is -4.70. The third kappa shape index (κ3) is 12.6. The summed E-state index contributed by atoms with van der Waals surface area (Å²) in [6, 6.07) is 19.9.